The van der Waals surface area contributed by atoms with Gasteiger partial charge < -0.3 is 14.8 Å². The lowest BCUT2D eigenvalue weighted by Crippen LogP contribution is -2.27. The van der Waals surface area contributed by atoms with Crippen LogP contribution in [0.1, 0.15) is 28.4 Å². The molecule has 24 heavy (non-hydrogen) atoms. The number of nitrogens with one attached hydrogen (secondary N) is 1. The molecule has 1 amide bonds. The van der Waals surface area contributed by atoms with Crippen molar-refractivity contribution in [2.45, 2.75) is 26.6 Å². The van der Waals surface area contributed by atoms with Crippen LogP contribution >= 0.6 is 12.4 Å². The van der Waals surface area contributed by atoms with E-state index in [1.54, 1.807) is 7.05 Å². The van der Waals surface area contributed by atoms with E-state index < -0.39 is 6.10 Å². The van der Waals surface area contributed by atoms with Gasteiger partial charge in [0.25, 0.3) is 5.91 Å². The van der Waals surface area contributed by atoms with Gasteiger partial charge in [-0.3, -0.25) is 4.79 Å². The van der Waals surface area contributed by atoms with Crippen molar-refractivity contribution in [1.82, 2.24) is 5.32 Å². The van der Waals surface area contributed by atoms with Gasteiger partial charge in [0.1, 0.15) is 12.4 Å². The Kier molecular flexibility index (Phi) is 7.75. The Hall–Kier alpha value is -2.04. The molecule has 2 rings (SSSR count). The lowest BCUT2D eigenvalue weighted by atomic mass is 10.0. The SMILES string of the molecule is CNC(=O)C(OC)c1ccccc1COc1cc(C)ccc1C.Cl. The van der Waals surface area contributed by atoms with Crippen LogP contribution in [0.15, 0.2) is 42.5 Å². The van der Waals surface area contributed by atoms with Crippen molar-refractivity contribution in [3.05, 3.63) is 64.7 Å². The van der Waals surface area contributed by atoms with Crippen molar-refractivity contribution in [1.29, 1.82) is 0 Å². The number of halogens is 1. The largest absolute Gasteiger partial charge is 0.489 e. The summed E-state index contributed by atoms with van der Waals surface area (Å²) in [6.45, 7) is 4.44. The first-order chi connectivity index (χ1) is 11.1. The minimum absolute atomic E-state index is 0. The number of aryl methyl sites for hydroxylation is 2. The summed E-state index contributed by atoms with van der Waals surface area (Å²) in [6, 6.07) is 13.8. The second kappa shape index (κ2) is 9.30. The van der Waals surface area contributed by atoms with Crippen LogP contribution in [-0.2, 0) is 16.1 Å². The number of methoxy groups -OCH3 is 1. The maximum Gasteiger partial charge on any atom is 0.253 e. The van der Waals surface area contributed by atoms with Crippen molar-refractivity contribution in [3.8, 4) is 5.75 Å². The summed E-state index contributed by atoms with van der Waals surface area (Å²) in [5, 5.41) is 2.63. The number of amides is 1. The molecule has 1 N–H and O–H groups in total. The van der Waals surface area contributed by atoms with E-state index in [-0.39, 0.29) is 18.3 Å². The zero-order chi connectivity index (χ0) is 16.8. The average Bonchev–Trinajstić information content (AvgIpc) is 2.57. The molecule has 0 aliphatic carbocycles. The molecule has 0 bridgehead atoms. The Morgan fingerprint density at radius 3 is 2.54 bits per heavy atom. The van der Waals surface area contributed by atoms with E-state index >= 15 is 0 Å². The van der Waals surface area contributed by atoms with Crippen LogP contribution in [-0.4, -0.2) is 20.1 Å². The van der Waals surface area contributed by atoms with Crippen LogP contribution in [0.4, 0.5) is 0 Å². The standard InChI is InChI=1S/C19H23NO3.ClH/c1-13-9-10-14(2)17(11-13)23-12-15-7-5-6-8-16(15)18(22-4)19(21)20-3;/h5-11,18H,12H2,1-4H3,(H,20,21);1H. The van der Waals surface area contributed by atoms with Crippen molar-refractivity contribution < 1.29 is 14.3 Å². The van der Waals surface area contributed by atoms with E-state index in [9.17, 15) is 4.79 Å². The predicted octanol–water partition coefficient (Wildman–Crippen LogP) is 3.74. The van der Waals surface area contributed by atoms with Crippen molar-refractivity contribution in [3.63, 3.8) is 0 Å². The van der Waals surface area contributed by atoms with Gasteiger partial charge in [-0.1, -0.05) is 36.4 Å². The van der Waals surface area contributed by atoms with Gasteiger partial charge in [-0.25, -0.2) is 0 Å². The van der Waals surface area contributed by atoms with Gasteiger partial charge in [-0.2, -0.15) is 0 Å². The second-order valence-electron chi connectivity index (χ2n) is 5.49. The van der Waals surface area contributed by atoms with E-state index in [1.807, 2.05) is 50.2 Å². The Balaban J connectivity index is 0.00000288. The normalized spacial score (nSPS) is 11.3. The Bertz CT molecular complexity index is 688. The van der Waals surface area contributed by atoms with Gasteiger partial charge in [-0.05, 0) is 42.2 Å². The topological polar surface area (TPSA) is 47.6 Å². The lowest BCUT2D eigenvalue weighted by Gasteiger charge is -2.18. The van der Waals surface area contributed by atoms with E-state index in [1.165, 1.54) is 7.11 Å². The Morgan fingerprint density at radius 1 is 1.17 bits per heavy atom. The molecule has 0 radical (unpaired) electrons. The highest BCUT2D eigenvalue weighted by Gasteiger charge is 2.21. The summed E-state index contributed by atoms with van der Waals surface area (Å²) in [5.41, 5.74) is 3.99. The van der Waals surface area contributed by atoms with Crippen molar-refractivity contribution in [2.24, 2.45) is 0 Å². The van der Waals surface area contributed by atoms with Gasteiger partial charge >= 0.3 is 0 Å². The third-order valence-electron chi connectivity index (χ3n) is 3.78. The van der Waals surface area contributed by atoms with Crippen LogP contribution in [0.2, 0.25) is 0 Å². The minimum atomic E-state index is -0.640. The average molecular weight is 350 g/mol. The van der Waals surface area contributed by atoms with Gasteiger partial charge in [-0.15, -0.1) is 12.4 Å². The molecule has 2 aromatic carbocycles. The van der Waals surface area contributed by atoms with E-state index in [0.717, 1.165) is 28.0 Å². The number of likely N-dealkylation sites (N-methyl/N-ethyl adjacent to an activating group) is 1. The molecule has 4 nitrogen and oxygen atoms in total. The van der Waals surface area contributed by atoms with Crippen LogP contribution < -0.4 is 10.1 Å². The smallest absolute Gasteiger partial charge is 0.253 e. The summed E-state index contributed by atoms with van der Waals surface area (Å²) in [4.78, 5) is 12.0. The molecule has 0 aliphatic heterocycles. The summed E-state index contributed by atoms with van der Waals surface area (Å²) < 4.78 is 11.3. The van der Waals surface area contributed by atoms with Crippen LogP contribution in [0.5, 0.6) is 5.75 Å². The predicted molar refractivity (Wildman–Crippen MR) is 97.8 cm³/mol. The zero-order valence-corrected chi connectivity index (χ0v) is 15.3. The minimum Gasteiger partial charge on any atom is -0.489 e. The number of benzene rings is 2. The molecule has 0 aromatic heterocycles. The highest BCUT2D eigenvalue weighted by atomic mass is 35.5. The molecule has 1 unspecified atom stereocenters. The first kappa shape index (κ1) is 20.0. The molecular formula is C19H24ClNO3. The lowest BCUT2D eigenvalue weighted by molar-refractivity contribution is -0.130. The molecule has 130 valence electrons. The molecule has 0 aliphatic rings. The maximum atomic E-state index is 12.0. The number of hydrogen-bond donors (Lipinski definition) is 1. The van der Waals surface area contributed by atoms with E-state index in [0.29, 0.717) is 6.61 Å². The highest BCUT2D eigenvalue weighted by Crippen LogP contribution is 2.25. The number of carbonyl (C=O) groups excluding carboxylic acids is 1. The third-order valence-corrected chi connectivity index (χ3v) is 3.78. The fourth-order valence-electron chi connectivity index (χ4n) is 2.45. The maximum absolute atomic E-state index is 12.0. The fraction of sp³-hybridized carbons (Fsp3) is 0.316. The molecular weight excluding hydrogens is 326 g/mol. The number of hydrogen-bond acceptors (Lipinski definition) is 3. The monoisotopic (exact) mass is 349 g/mol. The third kappa shape index (κ3) is 4.73. The molecule has 0 saturated heterocycles. The Labute approximate surface area is 149 Å². The summed E-state index contributed by atoms with van der Waals surface area (Å²) in [6.07, 6.45) is -0.640. The van der Waals surface area contributed by atoms with Crippen molar-refractivity contribution in [2.75, 3.05) is 14.2 Å². The van der Waals surface area contributed by atoms with Crippen molar-refractivity contribution >= 4 is 18.3 Å². The summed E-state index contributed by atoms with van der Waals surface area (Å²) in [5.74, 6) is 0.681. The number of carbonyl (C=O) groups is 1. The van der Waals surface area contributed by atoms with E-state index in [2.05, 4.69) is 11.4 Å². The van der Waals surface area contributed by atoms with Gasteiger partial charge in [0.05, 0.1) is 0 Å². The van der Waals surface area contributed by atoms with Gasteiger partial charge in [0.15, 0.2) is 6.10 Å². The molecule has 0 spiro atoms. The van der Waals surface area contributed by atoms with E-state index in [4.69, 9.17) is 9.47 Å². The molecule has 5 heteroatoms. The molecule has 0 saturated carbocycles. The first-order valence-electron chi connectivity index (χ1n) is 7.59. The number of ether oxygens (including phenoxy) is 2. The second-order valence-corrected chi connectivity index (χ2v) is 5.49. The van der Waals surface area contributed by atoms with Crippen LogP contribution in [0, 0.1) is 13.8 Å². The zero-order valence-electron chi connectivity index (χ0n) is 14.5. The van der Waals surface area contributed by atoms with Gasteiger partial charge in [0, 0.05) is 14.2 Å². The molecule has 0 heterocycles. The number of rotatable bonds is 6. The highest BCUT2D eigenvalue weighted by molar-refractivity contribution is 5.85. The first-order valence-corrected chi connectivity index (χ1v) is 7.59. The fourth-order valence-corrected chi connectivity index (χ4v) is 2.45. The molecule has 1 atom stereocenters. The van der Waals surface area contributed by atoms with Crippen LogP contribution in [0.3, 0.4) is 0 Å². The quantitative estimate of drug-likeness (QED) is 0.864. The summed E-state index contributed by atoms with van der Waals surface area (Å²) >= 11 is 0. The Morgan fingerprint density at radius 2 is 1.88 bits per heavy atom. The summed E-state index contributed by atoms with van der Waals surface area (Å²) in [7, 11) is 3.13. The van der Waals surface area contributed by atoms with Gasteiger partial charge in [0.2, 0.25) is 0 Å². The molecule has 2 aromatic rings. The van der Waals surface area contributed by atoms with Crippen LogP contribution in [0.25, 0.3) is 0 Å². The molecule has 0 fully saturated rings.